The lowest BCUT2D eigenvalue weighted by Crippen LogP contribution is -2.40. The average molecular weight is 334 g/mol. The minimum absolute atomic E-state index is 0.00130. The maximum absolute atomic E-state index is 12.4. The van der Waals surface area contributed by atoms with Gasteiger partial charge in [-0.1, -0.05) is 23.2 Å². The zero-order chi connectivity index (χ0) is 15.7. The molecule has 0 bridgehead atoms. The van der Waals surface area contributed by atoms with Crippen molar-refractivity contribution in [1.29, 1.82) is 0 Å². The predicted octanol–water partition coefficient (Wildman–Crippen LogP) is 1.66. The van der Waals surface area contributed by atoms with Crippen molar-refractivity contribution in [2.45, 2.75) is 18.6 Å². The fourth-order valence-electron chi connectivity index (χ4n) is 2.32. The van der Waals surface area contributed by atoms with Gasteiger partial charge >= 0.3 is 5.97 Å². The summed E-state index contributed by atoms with van der Waals surface area (Å²) in [5, 5.41) is 19.0. The van der Waals surface area contributed by atoms with E-state index in [4.69, 9.17) is 33.0 Å². The topological polar surface area (TPSA) is 87.1 Å². The van der Waals surface area contributed by atoms with Gasteiger partial charge in [-0.05, 0) is 12.1 Å². The first-order chi connectivity index (χ1) is 9.85. The average Bonchev–Trinajstić information content (AvgIpc) is 2.79. The van der Waals surface area contributed by atoms with Crippen LogP contribution in [0.3, 0.4) is 0 Å². The van der Waals surface area contributed by atoms with Gasteiger partial charge in [0.15, 0.2) is 5.75 Å². The predicted molar refractivity (Wildman–Crippen MR) is 76.1 cm³/mol. The van der Waals surface area contributed by atoms with Gasteiger partial charge in [0, 0.05) is 18.5 Å². The maximum Gasteiger partial charge on any atom is 0.326 e. The summed E-state index contributed by atoms with van der Waals surface area (Å²) in [7, 11) is 1.39. The first kappa shape index (κ1) is 15.9. The second-order valence-corrected chi connectivity index (χ2v) is 5.49. The van der Waals surface area contributed by atoms with Crippen LogP contribution in [0.4, 0.5) is 0 Å². The lowest BCUT2D eigenvalue weighted by molar-refractivity contribution is -0.141. The minimum Gasteiger partial charge on any atom is -0.494 e. The van der Waals surface area contributed by atoms with E-state index in [0.29, 0.717) is 0 Å². The van der Waals surface area contributed by atoms with Gasteiger partial charge in [0.05, 0.1) is 23.3 Å². The van der Waals surface area contributed by atoms with Crippen LogP contribution in [0.5, 0.6) is 5.75 Å². The Labute approximate surface area is 130 Å². The van der Waals surface area contributed by atoms with Crippen LogP contribution in [0.2, 0.25) is 10.0 Å². The first-order valence-corrected chi connectivity index (χ1v) is 6.85. The molecule has 0 saturated carbocycles. The number of aliphatic hydroxyl groups excluding tert-OH is 1. The van der Waals surface area contributed by atoms with E-state index >= 15 is 0 Å². The number of hydrogen-bond donors (Lipinski definition) is 2. The van der Waals surface area contributed by atoms with Gasteiger partial charge in [0.2, 0.25) is 0 Å². The molecule has 1 aliphatic rings. The van der Waals surface area contributed by atoms with Crippen LogP contribution in [0.1, 0.15) is 16.8 Å². The van der Waals surface area contributed by atoms with Crippen molar-refractivity contribution in [2.24, 2.45) is 0 Å². The number of halogens is 2. The van der Waals surface area contributed by atoms with Crippen LogP contribution in [0.25, 0.3) is 0 Å². The van der Waals surface area contributed by atoms with E-state index in [1.165, 1.54) is 19.2 Å². The number of β-amino-alcohol motifs (C(OH)–C–C–N with tert-alkyl or cyclic N) is 1. The molecule has 0 radical (unpaired) electrons. The molecule has 0 aromatic heterocycles. The zero-order valence-corrected chi connectivity index (χ0v) is 12.6. The summed E-state index contributed by atoms with van der Waals surface area (Å²) in [6.07, 6.45) is -0.863. The van der Waals surface area contributed by atoms with Crippen molar-refractivity contribution in [3.05, 3.63) is 27.7 Å². The monoisotopic (exact) mass is 333 g/mol. The number of nitrogens with zero attached hydrogens (tertiary/aromatic N) is 1. The summed E-state index contributed by atoms with van der Waals surface area (Å²) in [5.74, 6) is -1.47. The molecule has 1 amide bonds. The van der Waals surface area contributed by atoms with E-state index in [0.717, 1.165) is 4.90 Å². The smallest absolute Gasteiger partial charge is 0.326 e. The Bertz CT molecular complexity index is 569. The van der Waals surface area contributed by atoms with Crippen LogP contribution in [-0.4, -0.2) is 52.8 Å². The molecule has 1 saturated heterocycles. The molecule has 1 fully saturated rings. The highest BCUT2D eigenvalue weighted by molar-refractivity contribution is 6.37. The van der Waals surface area contributed by atoms with Crippen molar-refractivity contribution in [1.82, 2.24) is 4.90 Å². The lowest BCUT2D eigenvalue weighted by Gasteiger charge is -2.21. The molecule has 2 rings (SSSR count). The number of aliphatic carboxylic acids is 1. The summed E-state index contributed by atoms with van der Waals surface area (Å²) in [6, 6.07) is 1.66. The van der Waals surface area contributed by atoms with E-state index < -0.39 is 24.0 Å². The van der Waals surface area contributed by atoms with Crippen LogP contribution in [-0.2, 0) is 4.79 Å². The number of rotatable bonds is 3. The quantitative estimate of drug-likeness (QED) is 0.878. The third-order valence-corrected chi connectivity index (χ3v) is 3.84. The fraction of sp³-hybridized carbons (Fsp3) is 0.385. The number of amides is 1. The van der Waals surface area contributed by atoms with Crippen LogP contribution in [0, 0.1) is 0 Å². The number of carbonyl (C=O) groups excluding carboxylic acids is 1. The number of carboxylic acid groups (broad SMARTS) is 1. The molecule has 114 valence electrons. The standard InChI is InChI=1S/C13H13Cl2NO5/c1-21-11-8(14)2-6(3-9(11)15)12(18)16-5-7(17)4-10(16)13(19)20/h2-3,7,10,17H,4-5H2,1H3,(H,19,20)/t7-,10-/m1/s1. The number of carbonyl (C=O) groups is 2. The highest BCUT2D eigenvalue weighted by Gasteiger charge is 2.39. The lowest BCUT2D eigenvalue weighted by atomic mass is 10.1. The van der Waals surface area contributed by atoms with Gasteiger partial charge in [-0.15, -0.1) is 0 Å². The van der Waals surface area contributed by atoms with Crippen LogP contribution in [0.15, 0.2) is 12.1 Å². The van der Waals surface area contributed by atoms with Crippen molar-refractivity contribution in [2.75, 3.05) is 13.7 Å². The normalized spacial score (nSPS) is 21.4. The van der Waals surface area contributed by atoms with Crippen molar-refractivity contribution < 1.29 is 24.5 Å². The Hall–Kier alpha value is -1.50. The van der Waals surface area contributed by atoms with E-state index in [9.17, 15) is 14.7 Å². The summed E-state index contributed by atoms with van der Waals surface area (Å²) >= 11 is 11.9. The molecule has 1 aliphatic heterocycles. The Morgan fingerprint density at radius 1 is 1.33 bits per heavy atom. The summed E-state index contributed by atoms with van der Waals surface area (Å²) in [6.45, 7) is -0.0446. The van der Waals surface area contributed by atoms with Crippen molar-refractivity contribution in [3.63, 3.8) is 0 Å². The summed E-state index contributed by atoms with van der Waals surface area (Å²) in [4.78, 5) is 24.7. The van der Waals surface area contributed by atoms with E-state index in [1.807, 2.05) is 0 Å². The molecule has 0 aliphatic carbocycles. The maximum atomic E-state index is 12.4. The minimum atomic E-state index is -1.16. The molecule has 0 unspecified atom stereocenters. The molecule has 21 heavy (non-hydrogen) atoms. The fourth-order valence-corrected chi connectivity index (χ4v) is 2.96. The molecule has 1 heterocycles. The van der Waals surface area contributed by atoms with E-state index in [1.54, 1.807) is 0 Å². The molecule has 8 heteroatoms. The SMILES string of the molecule is COc1c(Cl)cc(C(=O)N2C[C@H](O)C[C@@H]2C(=O)O)cc1Cl. The highest BCUT2D eigenvalue weighted by atomic mass is 35.5. The third kappa shape index (κ3) is 3.07. The van der Waals surface area contributed by atoms with Crippen molar-refractivity contribution >= 4 is 35.1 Å². The second kappa shape index (κ2) is 6.09. The number of benzene rings is 1. The van der Waals surface area contributed by atoms with E-state index in [2.05, 4.69) is 0 Å². The van der Waals surface area contributed by atoms with Gasteiger partial charge in [0.1, 0.15) is 6.04 Å². The van der Waals surface area contributed by atoms with Crippen LogP contribution < -0.4 is 4.74 Å². The highest BCUT2D eigenvalue weighted by Crippen LogP contribution is 2.34. The Morgan fingerprint density at radius 2 is 1.90 bits per heavy atom. The van der Waals surface area contributed by atoms with E-state index in [-0.39, 0.29) is 34.3 Å². The Morgan fingerprint density at radius 3 is 2.38 bits per heavy atom. The number of carboxylic acids is 1. The largest absolute Gasteiger partial charge is 0.494 e. The molecule has 0 spiro atoms. The van der Waals surface area contributed by atoms with Crippen LogP contribution >= 0.6 is 23.2 Å². The van der Waals surface area contributed by atoms with Gasteiger partial charge in [0.25, 0.3) is 5.91 Å². The molecule has 6 nitrogen and oxygen atoms in total. The van der Waals surface area contributed by atoms with Gasteiger partial charge < -0.3 is 19.8 Å². The van der Waals surface area contributed by atoms with Gasteiger partial charge in [-0.25, -0.2) is 4.79 Å². The molecular weight excluding hydrogens is 321 g/mol. The second-order valence-electron chi connectivity index (χ2n) is 4.67. The van der Waals surface area contributed by atoms with Gasteiger partial charge in [-0.3, -0.25) is 4.79 Å². The molecule has 2 atom stereocenters. The third-order valence-electron chi connectivity index (χ3n) is 3.27. The molecule has 1 aromatic carbocycles. The molecule has 2 N–H and O–H groups in total. The Balaban J connectivity index is 2.34. The summed E-state index contributed by atoms with van der Waals surface area (Å²) in [5.41, 5.74) is 0.145. The number of aliphatic hydroxyl groups is 1. The zero-order valence-electron chi connectivity index (χ0n) is 11.0. The number of hydrogen-bond acceptors (Lipinski definition) is 4. The first-order valence-electron chi connectivity index (χ1n) is 6.10. The molecular formula is C13H13Cl2NO5. The summed E-state index contributed by atoms with van der Waals surface area (Å²) < 4.78 is 4.99. The molecule has 1 aromatic rings. The number of likely N-dealkylation sites (tertiary alicyclic amines) is 1. The Kier molecular flexibility index (Phi) is 4.61. The van der Waals surface area contributed by atoms with Gasteiger partial charge in [-0.2, -0.15) is 0 Å². The number of methoxy groups -OCH3 is 1. The van der Waals surface area contributed by atoms with Crippen molar-refractivity contribution in [3.8, 4) is 5.75 Å². The number of ether oxygens (including phenoxy) is 1.